The molecule has 0 atom stereocenters. The van der Waals surface area contributed by atoms with Crippen LogP contribution in [0.4, 0.5) is 5.69 Å². The summed E-state index contributed by atoms with van der Waals surface area (Å²) in [4.78, 5) is 12.7. The molecular weight excluding hydrogens is 366 g/mol. The number of furan rings is 1. The standard InChI is InChI=1S/C20H18BrNO2/c1-12-5-4-6-13(2)19(12)22-20(23)17-11-18(24-14(17)3)15-7-9-16(21)10-8-15/h4-11H,1-3H3,(H,22,23). The second kappa shape index (κ2) is 6.65. The Labute approximate surface area is 149 Å². The number of nitrogens with one attached hydrogen (secondary N) is 1. The minimum Gasteiger partial charge on any atom is -0.461 e. The van der Waals surface area contributed by atoms with Crippen LogP contribution in [0.5, 0.6) is 0 Å². The van der Waals surface area contributed by atoms with Crippen molar-refractivity contribution in [2.45, 2.75) is 20.8 Å². The van der Waals surface area contributed by atoms with E-state index in [1.165, 1.54) is 0 Å². The molecule has 0 aliphatic rings. The lowest BCUT2D eigenvalue weighted by Crippen LogP contribution is -2.14. The van der Waals surface area contributed by atoms with Gasteiger partial charge in [-0.25, -0.2) is 0 Å². The van der Waals surface area contributed by atoms with Crippen molar-refractivity contribution in [3.8, 4) is 11.3 Å². The first-order valence-corrected chi connectivity index (χ1v) is 8.49. The number of para-hydroxylation sites is 1. The highest BCUT2D eigenvalue weighted by molar-refractivity contribution is 9.10. The number of amides is 1. The van der Waals surface area contributed by atoms with Gasteiger partial charge in [-0.3, -0.25) is 4.79 Å². The zero-order chi connectivity index (χ0) is 17.3. The molecule has 3 nitrogen and oxygen atoms in total. The predicted octanol–water partition coefficient (Wildman–Crippen LogP) is 5.89. The quantitative estimate of drug-likeness (QED) is 0.612. The predicted molar refractivity (Wildman–Crippen MR) is 100 cm³/mol. The highest BCUT2D eigenvalue weighted by Crippen LogP contribution is 2.28. The molecule has 0 saturated heterocycles. The normalized spacial score (nSPS) is 10.7. The second-order valence-corrected chi connectivity index (χ2v) is 6.72. The lowest BCUT2D eigenvalue weighted by atomic mass is 10.1. The first kappa shape index (κ1) is 16.5. The van der Waals surface area contributed by atoms with Crippen molar-refractivity contribution >= 4 is 27.5 Å². The van der Waals surface area contributed by atoms with Gasteiger partial charge in [0.25, 0.3) is 5.91 Å². The average molecular weight is 384 g/mol. The maximum atomic E-state index is 12.7. The number of rotatable bonds is 3. The van der Waals surface area contributed by atoms with Crippen LogP contribution in [0.1, 0.15) is 27.2 Å². The third-order valence-corrected chi connectivity index (χ3v) is 4.54. The molecule has 0 aliphatic carbocycles. The summed E-state index contributed by atoms with van der Waals surface area (Å²) in [5.74, 6) is 1.14. The summed E-state index contributed by atoms with van der Waals surface area (Å²) in [6.45, 7) is 5.78. The number of carbonyl (C=O) groups excluding carboxylic acids is 1. The van der Waals surface area contributed by atoms with Crippen LogP contribution >= 0.6 is 15.9 Å². The molecule has 3 rings (SSSR count). The molecule has 0 saturated carbocycles. The molecular formula is C20H18BrNO2. The summed E-state index contributed by atoms with van der Waals surface area (Å²) in [6, 6.07) is 15.5. The number of benzene rings is 2. The molecule has 0 fully saturated rings. The Morgan fingerprint density at radius 2 is 1.62 bits per heavy atom. The SMILES string of the molecule is Cc1cccc(C)c1NC(=O)c1cc(-c2ccc(Br)cc2)oc1C. The monoisotopic (exact) mass is 383 g/mol. The zero-order valence-corrected chi connectivity index (χ0v) is 15.4. The van der Waals surface area contributed by atoms with E-state index in [1.54, 1.807) is 6.07 Å². The lowest BCUT2D eigenvalue weighted by molar-refractivity contribution is 0.102. The minimum absolute atomic E-state index is 0.156. The molecule has 1 amide bonds. The molecule has 1 heterocycles. The number of anilines is 1. The summed E-state index contributed by atoms with van der Waals surface area (Å²) >= 11 is 3.42. The van der Waals surface area contributed by atoms with E-state index >= 15 is 0 Å². The van der Waals surface area contributed by atoms with Crippen LogP contribution in [0.15, 0.2) is 57.4 Å². The molecule has 24 heavy (non-hydrogen) atoms. The molecule has 1 N–H and O–H groups in total. The van der Waals surface area contributed by atoms with E-state index in [2.05, 4.69) is 21.2 Å². The van der Waals surface area contributed by atoms with Crippen molar-refractivity contribution in [3.63, 3.8) is 0 Å². The fourth-order valence-electron chi connectivity index (χ4n) is 2.66. The molecule has 2 aromatic carbocycles. The first-order valence-electron chi connectivity index (χ1n) is 7.69. The van der Waals surface area contributed by atoms with E-state index in [0.717, 1.165) is 26.9 Å². The number of aryl methyl sites for hydroxylation is 3. The lowest BCUT2D eigenvalue weighted by Gasteiger charge is -2.10. The summed E-state index contributed by atoms with van der Waals surface area (Å²) in [6.07, 6.45) is 0. The maximum absolute atomic E-state index is 12.7. The van der Waals surface area contributed by atoms with Gasteiger partial charge in [0.05, 0.1) is 5.56 Å². The highest BCUT2D eigenvalue weighted by Gasteiger charge is 2.17. The summed E-state index contributed by atoms with van der Waals surface area (Å²) < 4.78 is 6.79. The second-order valence-electron chi connectivity index (χ2n) is 5.81. The zero-order valence-electron chi connectivity index (χ0n) is 13.8. The fourth-order valence-corrected chi connectivity index (χ4v) is 2.92. The van der Waals surface area contributed by atoms with Crippen LogP contribution in [0.3, 0.4) is 0 Å². The van der Waals surface area contributed by atoms with Crippen LogP contribution in [-0.2, 0) is 0 Å². The van der Waals surface area contributed by atoms with Gasteiger partial charge in [-0.2, -0.15) is 0 Å². The van der Waals surface area contributed by atoms with Gasteiger partial charge in [-0.1, -0.05) is 46.3 Å². The fraction of sp³-hybridized carbons (Fsp3) is 0.150. The van der Waals surface area contributed by atoms with Crippen molar-refractivity contribution in [1.82, 2.24) is 0 Å². The molecule has 0 aliphatic heterocycles. The topological polar surface area (TPSA) is 42.2 Å². The largest absolute Gasteiger partial charge is 0.461 e. The molecule has 1 aromatic heterocycles. The molecule has 0 unspecified atom stereocenters. The van der Waals surface area contributed by atoms with Crippen molar-refractivity contribution in [3.05, 3.63) is 75.5 Å². The van der Waals surface area contributed by atoms with Gasteiger partial charge in [0.2, 0.25) is 0 Å². The Balaban J connectivity index is 1.90. The van der Waals surface area contributed by atoms with Gasteiger partial charge in [0, 0.05) is 15.7 Å². The average Bonchev–Trinajstić information content (AvgIpc) is 2.93. The Morgan fingerprint density at radius 3 is 2.25 bits per heavy atom. The van der Waals surface area contributed by atoms with Gasteiger partial charge in [-0.15, -0.1) is 0 Å². The molecule has 4 heteroatoms. The van der Waals surface area contributed by atoms with E-state index in [4.69, 9.17) is 4.42 Å². The van der Waals surface area contributed by atoms with Gasteiger partial charge in [-0.05, 0) is 50.1 Å². The molecule has 122 valence electrons. The highest BCUT2D eigenvalue weighted by atomic mass is 79.9. The van der Waals surface area contributed by atoms with Crippen molar-refractivity contribution in [2.24, 2.45) is 0 Å². The Bertz CT molecular complexity index is 874. The van der Waals surface area contributed by atoms with E-state index in [-0.39, 0.29) is 5.91 Å². The van der Waals surface area contributed by atoms with Crippen molar-refractivity contribution in [2.75, 3.05) is 5.32 Å². The van der Waals surface area contributed by atoms with E-state index in [9.17, 15) is 4.79 Å². The third kappa shape index (κ3) is 3.29. The van der Waals surface area contributed by atoms with E-state index < -0.39 is 0 Å². The first-order chi connectivity index (χ1) is 11.5. The molecule has 3 aromatic rings. The summed E-state index contributed by atoms with van der Waals surface area (Å²) in [5, 5.41) is 3.00. The molecule has 0 radical (unpaired) electrons. The Morgan fingerprint density at radius 1 is 1.00 bits per heavy atom. The minimum atomic E-state index is -0.156. The van der Waals surface area contributed by atoms with Crippen molar-refractivity contribution in [1.29, 1.82) is 0 Å². The van der Waals surface area contributed by atoms with E-state index in [0.29, 0.717) is 17.1 Å². The summed E-state index contributed by atoms with van der Waals surface area (Å²) in [7, 11) is 0. The Kier molecular flexibility index (Phi) is 4.58. The van der Waals surface area contributed by atoms with Crippen LogP contribution in [0.2, 0.25) is 0 Å². The summed E-state index contributed by atoms with van der Waals surface area (Å²) in [5.41, 5.74) is 4.42. The number of hydrogen-bond acceptors (Lipinski definition) is 2. The van der Waals surface area contributed by atoms with Gasteiger partial charge in [0.1, 0.15) is 11.5 Å². The number of hydrogen-bond donors (Lipinski definition) is 1. The van der Waals surface area contributed by atoms with Crippen molar-refractivity contribution < 1.29 is 9.21 Å². The van der Waals surface area contributed by atoms with Gasteiger partial charge >= 0.3 is 0 Å². The molecule has 0 bridgehead atoms. The number of carbonyl (C=O) groups is 1. The van der Waals surface area contributed by atoms with E-state index in [1.807, 2.05) is 63.2 Å². The van der Waals surface area contributed by atoms with Crippen LogP contribution in [0.25, 0.3) is 11.3 Å². The number of halogens is 1. The van der Waals surface area contributed by atoms with Crippen LogP contribution < -0.4 is 5.32 Å². The smallest absolute Gasteiger partial charge is 0.259 e. The van der Waals surface area contributed by atoms with Crippen LogP contribution in [0, 0.1) is 20.8 Å². The molecule has 0 spiro atoms. The third-order valence-electron chi connectivity index (χ3n) is 4.01. The van der Waals surface area contributed by atoms with Gasteiger partial charge < -0.3 is 9.73 Å². The maximum Gasteiger partial charge on any atom is 0.259 e. The Hall–Kier alpha value is -2.33. The van der Waals surface area contributed by atoms with Crippen LogP contribution in [-0.4, -0.2) is 5.91 Å². The van der Waals surface area contributed by atoms with Gasteiger partial charge in [0.15, 0.2) is 0 Å².